The number of thioether (sulfide) groups is 1. The molecular weight excluding hydrogens is 392 g/mol. The first-order valence-corrected chi connectivity index (χ1v) is 11.4. The molecule has 0 N–H and O–H groups in total. The van der Waals surface area contributed by atoms with Crippen molar-refractivity contribution in [3.63, 3.8) is 0 Å². The summed E-state index contributed by atoms with van der Waals surface area (Å²) in [7, 11) is 0. The lowest BCUT2D eigenvalue weighted by atomic mass is 9.99. The van der Waals surface area contributed by atoms with Gasteiger partial charge >= 0.3 is 0 Å². The van der Waals surface area contributed by atoms with Crippen LogP contribution in [0.5, 0.6) is 0 Å². The van der Waals surface area contributed by atoms with Crippen LogP contribution in [0.2, 0.25) is 0 Å². The van der Waals surface area contributed by atoms with Gasteiger partial charge in [0, 0.05) is 6.54 Å². The van der Waals surface area contributed by atoms with Crippen LogP contribution in [-0.4, -0.2) is 37.9 Å². The van der Waals surface area contributed by atoms with Crippen molar-refractivity contribution in [3.05, 3.63) is 76.6 Å². The third-order valence-electron chi connectivity index (χ3n) is 5.61. The fourth-order valence-corrected chi connectivity index (χ4v) is 5.11. The average Bonchev–Trinajstić information content (AvgIpc) is 3.34. The van der Waals surface area contributed by atoms with Crippen LogP contribution in [0.25, 0.3) is 0 Å². The van der Waals surface area contributed by atoms with E-state index in [9.17, 15) is 4.79 Å². The molecule has 1 saturated heterocycles. The Morgan fingerprint density at radius 1 is 1.07 bits per heavy atom. The summed E-state index contributed by atoms with van der Waals surface area (Å²) in [6, 6.07) is 17.1. The number of benzene rings is 2. The van der Waals surface area contributed by atoms with E-state index in [-0.39, 0.29) is 11.9 Å². The Kier molecular flexibility index (Phi) is 6.23. The van der Waals surface area contributed by atoms with Crippen LogP contribution in [0.4, 0.5) is 0 Å². The Morgan fingerprint density at radius 3 is 2.53 bits per heavy atom. The number of aromatic nitrogens is 3. The monoisotopic (exact) mass is 420 g/mol. The third-order valence-corrected chi connectivity index (χ3v) is 6.56. The van der Waals surface area contributed by atoms with Gasteiger partial charge in [-0.15, -0.1) is 10.2 Å². The lowest BCUT2D eigenvalue weighted by Crippen LogP contribution is -2.32. The summed E-state index contributed by atoms with van der Waals surface area (Å²) in [6.07, 6.45) is 2.08. The fraction of sp³-hybridized carbons (Fsp3) is 0.375. The third kappa shape index (κ3) is 4.59. The van der Waals surface area contributed by atoms with Crippen LogP contribution in [0, 0.1) is 20.8 Å². The van der Waals surface area contributed by atoms with Crippen LogP contribution < -0.4 is 0 Å². The van der Waals surface area contributed by atoms with E-state index in [1.165, 1.54) is 34.0 Å². The summed E-state index contributed by atoms with van der Waals surface area (Å²) >= 11 is 1.48. The lowest BCUT2D eigenvalue weighted by Gasteiger charge is -2.25. The maximum absolute atomic E-state index is 13.1. The standard InChI is InChI=1S/C24H28N4OS/c1-17-12-18(2)14-21(13-17)22-10-7-11-27(22)23(29)16-30-24-26-25-19(3)28(24)15-20-8-5-4-6-9-20/h4-6,8-9,12-14,22H,7,10-11,15-16H2,1-3H3. The van der Waals surface area contributed by atoms with Gasteiger partial charge in [-0.05, 0) is 44.7 Å². The Hall–Kier alpha value is -2.60. The van der Waals surface area contributed by atoms with Gasteiger partial charge in [-0.25, -0.2) is 0 Å². The van der Waals surface area contributed by atoms with E-state index >= 15 is 0 Å². The molecule has 1 aliphatic heterocycles. The summed E-state index contributed by atoms with van der Waals surface area (Å²) < 4.78 is 2.08. The van der Waals surface area contributed by atoms with Crippen molar-refractivity contribution in [2.45, 2.75) is 51.4 Å². The van der Waals surface area contributed by atoms with Crippen molar-refractivity contribution in [3.8, 4) is 0 Å². The van der Waals surface area contributed by atoms with Crippen LogP contribution in [0.15, 0.2) is 53.7 Å². The van der Waals surface area contributed by atoms with E-state index in [0.29, 0.717) is 12.3 Å². The topological polar surface area (TPSA) is 51.0 Å². The molecule has 1 amide bonds. The molecule has 1 fully saturated rings. The van der Waals surface area contributed by atoms with Crippen molar-refractivity contribution >= 4 is 17.7 Å². The van der Waals surface area contributed by atoms with Crippen LogP contribution in [0.1, 0.15) is 47.0 Å². The second-order valence-corrected chi connectivity index (χ2v) is 9.00. The molecule has 0 saturated carbocycles. The van der Waals surface area contributed by atoms with Crippen molar-refractivity contribution < 1.29 is 4.79 Å². The number of amides is 1. The molecule has 5 nitrogen and oxygen atoms in total. The lowest BCUT2D eigenvalue weighted by molar-refractivity contribution is -0.129. The molecule has 6 heteroatoms. The van der Waals surface area contributed by atoms with Gasteiger partial charge in [-0.2, -0.15) is 0 Å². The number of likely N-dealkylation sites (tertiary alicyclic amines) is 1. The summed E-state index contributed by atoms with van der Waals surface area (Å²) in [4.78, 5) is 15.1. The molecule has 2 aromatic carbocycles. The molecule has 30 heavy (non-hydrogen) atoms. The number of carbonyl (C=O) groups is 1. The molecule has 0 aliphatic carbocycles. The highest BCUT2D eigenvalue weighted by Gasteiger charge is 2.30. The molecule has 0 spiro atoms. The Bertz CT molecular complexity index is 1010. The number of rotatable bonds is 6. The second-order valence-electron chi connectivity index (χ2n) is 8.06. The number of carbonyl (C=O) groups excluding carboxylic acids is 1. The molecular formula is C24H28N4OS. The minimum Gasteiger partial charge on any atom is -0.335 e. The summed E-state index contributed by atoms with van der Waals surface area (Å²) in [6.45, 7) is 7.74. The van der Waals surface area contributed by atoms with Gasteiger partial charge < -0.3 is 9.47 Å². The van der Waals surface area contributed by atoms with Crippen molar-refractivity contribution in [1.29, 1.82) is 0 Å². The first-order valence-electron chi connectivity index (χ1n) is 10.5. The Balaban J connectivity index is 1.45. The minimum absolute atomic E-state index is 0.175. The average molecular weight is 421 g/mol. The maximum Gasteiger partial charge on any atom is 0.233 e. The largest absolute Gasteiger partial charge is 0.335 e. The minimum atomic E-state index is 0.175. The molecule has 0 bridgehead atoms. The first kappa shape index (κ1) is 20.7. The SMILES string of the molecule is Cc1cc(C)cc(C2CCCN2C(=O)CSc2nnc(C)n2Cc2ccccc2)c1. The summed E-state index contributed by atoms with van der Waals surface area (Å²) in [5, 5.41) is 9.35. The first-order chi connectivity index (χ1) is 14.5. The van der Waals surface area contributed by atoms with Gasteiger partial charge in [-0.3, -0.25) is 4.79 Å². The Labute approximate surface area is 182 Å². The molecule has 2 heterocycles. The Morgan fingerprint density at radius 2 is 1.80 bits per heavy atom. The van der Waals surface area contributed by atoms with Crippen molar-refractivity contribution in [2.24, 2.45) is 0 Å². The fourth-order valence-electron chi connectivity index (χ4n) is 4.24. The molecule has 156 valence electrons. The molecule has 1 aromatic heterocycles. The van der Waals surface area contributed by atoms with Crippen LogP contribution >= 0.6 is 11.8 Å². The van der Waals surface area contributed by atoms with Gasteiger partial charge in [0.05, 0.1) is 18.3 Å². The zero-order valence-electron chi connectivity index (χ0n) is 17.8. The van der Waals surface area contributed by atoms with Crippen LogP contribution in [-0.2, 0) is 11.3 Å². The molecule has 1 aliphatic rings. The van der Waals surface area contributed by atoms with E-state index in [1.807, 2.05) is 30.0 Å². The maximum atomic E-state index is 13.1. The number of hydrogen-bond acceptors (Lipinski definition) is 4. The highest BCUT2D eigenvalue weighted by Crippen LogP contribution is 2.34. The predicted octanol–water partition coefficient (Wildman–Crippen LogP) is 4.71. The van der Waals surface area contributed by atoms with E-state index in [0.717, 1.165) is 30.4 Å². The zero-order chi connectivity index (χ0) is 21.1. The summed E-state index contributed by atoms with van der Waals surface area (Å²) in [5.74, 6) is 1.42. The van der Waals surface area contributed by atoms with Crippen molar-refractivity contribution in [2.75, 3.05) is 12.3 Å². The van der Waals surface area contributed by atoms with Gasteiger partial charge in [0.2, 0.25) is 5.91 Å². The molecule has 1 atom stereocenters. The van der Waals surface area contributed by atoms with E-state index in [1.54, 1.807) is 0 Å². The van der Waals surface area contributed by atoms with E-state index in [4.69, 9.17) is 0 Å². The quantitative estimate of drug-likeness (QED) is 0.542. The zero-order valence-corrected chi connectivity index (χ0v) is 18.7. The normalized spacial score (nSPS) is 16.2. The van der Waals surface area contributed by atoms with Crippen LogP contribution in [0.3, 0.4) is 0 Å². The van der Waals surface area contributed by atoms with E-state index in [2.05, 4.69) is 58.9 Å². The molecule has 4 rings (SSSR count). The molecule has 1 unspecified atom stereocenters. The summed E-state index contributed by atoms with van der Waals surface area (Å²) in [5.41, 5.74) is 4.96. The molecule has 0 radical (unpaired) electrons. The van der Waals surface area contributed by atoms with Crippen molar-refractivity contribution in [1.82, 2.24) is 19.7 Å². The predicted molar refractivity (Wildman–Crippen MR) is 121 cm³/mol. The van der Waals surface area contributed by atoms with Gasteiger partial charge in [0.1, 0.15) is 5.82 Å². The van der Waals surface area contributed by atoms with E-state index < -0.39 is 0 Å². The van der Waals surface area contributed by atoms with Gasteiger partial charge in [0.25, 0.3) is 0 Å². The van der Waals surface area contributed by atoms with Gasteiger partial charge in [-0.1, -0.05) is 71.4 Å². The highest BCUT2D eigenvalue weighted by molar-refractivity contribution is 7.99. The smallest absolute Gasteiger partial charge is 0.233 e. The van der Waals surface area contributed by atoms with Gasteiger partial charge in [0.15, 0.2) is 5.16 Å². The second kappa shape index (κ2) is 9.04. The molecule has 3 aromatic rings. The highest BCUT2D eigenvalue weighted by atomic mass is 32.2. The number of hydrogen-bond donors (Lipinski definition) is 0. The number of nitrogens with zero attached hydrogens (tertiary/aromatic N) is 4. The number of aryl methyl sites for hydroxylation is 3.